The molecule has 0 saturated carbocycles. The van der Waals surface area contributed by atoms with Crippen LogP contribution in [0.1, 0.15) is 48.1 Å². The van der Waals surface area contributed by atoms with E-state index in [2.05, 4.69) is 6.07 Å². The van der Waals surface area contributed by atoms with Crippen molar-refractivity contribution < 1.29 is 35.5 Å². The van der Waals surface area contributed by atoms with Gasteiger partial charge in [-0.2, -0.15) is 31.6 Å². The molecule has 1 aliphatic rings. The van der Waals surface area contributed by atoms with Gasteiger partial charge in [0.2, 0.25) is 5.91 Å². The number of nitriles is 1. The summed E-state index contributed by atoms with van der Waals surface area (Å²) in [4.78, 5) is 17.4. The molecule has 0 spiro atoms. The number of carbonyl (C=O) groups is 1. The Hall–Kier alpha value is -3.34. The quantitative estimate of drug-likeness (QED) is 0.288. The number of alkyl halides is 6. The molecule has 3 aromatic rings. The maximum atomic E-state index is 14.0. The SMILES string of the molecule is Cc1cc(F)ccc1-c1sc(N2CC[C@@H](N)C2)c(C#N)c1N(C)C(=O)C(C)(C)c1cc(C(F)(F)F)cc(C(F)(F)F)c1.Cl. The van der Waals surface area contributed by atoms with Gasteiger partial charge in [0.15, 0.2) is 0 Å². The van der Waals surface area contributed by atoms with Crippen LogP contribution in [0, 0.1) is 24.1 Å². The molecule has 2 N–H and O–H groups in total. The average Bonchev–Trinajstić information content (AvgIpc) is 3.49. The van der Waals surface area contributed by atoms with Crippen LogP contribution in [0.2, 0.25) is 0 Å². The van der Waals surface area contributed by atoms with E-state index in [1.54, 1.807) is 6.92 Å². The van der Waals surface area contributed by atoms with Gasteiger partial charge in [-0.1, -0.05) is 6.07 Å². The fourth-order valence-electron chi connectivity index (χ4n) is 5.05. The Morgan fingerprint density at radius 1 is 1.05 bits per heavy atom. The minimum absolute atomic E-state index is 0. The summed E-state index contributed by atoms with van der Waals surface area (Å²) in [5.74, 6) is -1.36. The van der Waals surface area contributed by atoms with Gasteiger partial charge in [0.25, 0.3) is 0 Å². The first kappa shape index (κ1) is 34.2. The normalized spacial score (nSPS) is 15.7. The fraction of sp³-hybridized carbons (Fsp3) is 0.379. The molecule has 1 atom stereocenters. The lowest BCUT2D eigenvalue weighted by Gasteiger charge is -2.31. The fourth-order valence-corrected chi connectivity index (χ4v) is 6.46. The lowest BCUT2D eigenvalue weighted by atomic mass is 9.81. The molecule has 14 heteroatoms. The lowest BCUT2D eigenvalue weighted by Crippen LogP contribution is -2.42. The zero-order chi connectivity index (χ0) is 31.4. The van der Waals surface area contributed by atoms with Crippen LogP contribution in [0.5, 0.6) is 0 Å². The van der Waals surface area contributed by atoms with E-state index in [1.807, 2.05) is 4.90 Å². The number of rotatable bonds is 5. The predicted octanol–water partition coefficient (Wildman–Crippen LogP) is 7.67. The molecule has 0 aliphatic carbocycles. The molecular weight excluding hydrogens is 621 g/mol. The van der Waals surface area contributed by atoms with Crippen molar-refractivity contribution in [1.82, 2.24) is 0 Å². The molecule has 1 aromatic heterocycles. The summed E-state index contributed by atoms with van der Waals surface area (Å²) >= 11 is 1.18. The summed E-state index contributed by atoms with van der Waals surface area (Å²) in [7, 11) is 1.31. The molecule has 1 fully saturated rings. The second-order valence-electron chi connectivity index (χ2n) is 10.8. The van der Waals surface area contributed by atoms with Crippen LogP contribution < -0.4 is 15.5 Å². The molecule has 1 amide bonds. The maximum Gasteiger partial charge on any atom is 0.416 e. The molecule has 1 aliphatic heterocycles. The van der Waals surface area contributed by atoms with E-state index in [9.17, 15) is 40.8 Å². The number of likely N-dealkylation sites (N-methyl/N-ethyl adjacent to an activating group) is 1. The third-order valence-corrected chi connectivity index (χ3v) is 8.68. The zero-order valence-electron chi connectivity index (χ0n) is 23.5. The number of thiophene rings is 1. The van der Waals surface area contributed by atoms with Crippen LogP contribution in [0.25, 0.3) is 10.4 Å². The van der Waals surface area contributed by atoms with Crippen LogP contribution in [-0.4, -0.2) is 32.1 Å². The Bertz CT molecular complexity index is 1540. The van der Waals surface area contributed by atoms with Gasteiger partial charge in [0.1, 0.15) is 22.5 Å². The first-order valence-electron chi connectivity index (χ1n) is 12.8. The smallest absolute Gasteiger partial charge is 0.361 e. The molecule has 0 unspecified atom stereocenters. The van der Waals surface area contributed by atoms with Gasteiger partial charge in [-0.3, -0.25) is 4.79 Å². The number of halogens is 8. The number of amides is 1. The second kappa shape index (κ2) is 12.0. The van der Waals surface area contributed by atoms with Gasteiger partial charge >= 0.3 is 12.4 Å². The second-order valence-corrected chi connectivity index (χ2v) is 11.8. The van der Waals surface area contributed by atoms with E-state index in [1.165, 1.54) is 50.4 Å². The van der Waals surface area contributed by atoms with E-state index in [0.717, 1.165) is 4.90 Å². The van der Waals surface area contributed by atoms with E-state index in [-0.39, 0.29) is 35.8 Å². The Balaban J connectivity index is 0.00000506. The first-order chi connectivity index (χ1) is 19.4. The molecule has 4 rings (SSSR count). The Kier molecular flexibility index (Phi) is 9.51. The summed E-state index contributed by atoms with van der Waals surface area (Å²) in [5.41, 5.74) is 1.83. The van der Waals surface area contributed by atoms with Crippen molar-refractivity contribution >= 4 is 40.3 Å². The van der Waals surface area contributed by atoms with Crippen LogP contribution in [-0.2, 0) is 22.6 Å². The summed E-state index contributed by atoms with van der Waals surface area (Å²) in [5, 5.41) is 10.8. The van der Waals surface area contributed by atoms with Crippen LogP contribution in [0.4, 0.5) is 41.4 Å². The number of aryl methyl sites for hydroxylation is 1. The molecular formula is C29H28ClF7N4OS. The number of hydrogen-bond donors (Lipinski definition) is 1. The van der Waals surface area contributed by atoms with Crippen LogP contribution >= 0.6 is 23.7 Å². The van der Waals surface area contributed by atoms with Crippen molar-refractivity contribution in [3.63, 3.8) is 0 Å². The van der Waals surface area contributed by atoms with Gasteiger partial charge in [-0.15, -0.1) is 23.7 Å². The molecule has 5 nitrogen and oxygen atoms in total. The lowest BCUT2D eigenvalue weighted by molar-refractivity contribution is -0.143. The highest BCUT2D eigenvalue weighted by Crippen LogP contribution is 2.49. The van der Waals surface area contributed by atoms with Crippen LogP contribution in [0.3, 0.4) is 0 Å². The molecule has 0 bridgehead atoms. The van der Waals surface area contributed by atoms with Crippen molar-refractivity contribution in [2.75, 3.05) is 29.9 Å². The average molecular weight is 649 g/mol. The Morgan fingerprint density at radius 3 is 2.07 bits per heavy atom. The third kappa shape index (κ3) is 6.61. The molecule has 1 saturated heterocycles. The number of hydrogen-bond acceptors (Lipinski definition) is 5. The summed E-state index contributed by atoms with van der Waals surface area (Å²) < 4.78 is 95.5. The minimum atomic E-state index is -5.10. The minimum Gasteiger partial charge on any atom is -0.361 e. The third-order valence-electron chi connectivity index (χ3n) is 7.41. The molecule has 2 aromatic carbocycles. The highest BCUT2D eigenvalue weighted by atomic mass is 35.5. The predicted molar refractivity (Wildman–Crippen MR) is 154 cm³/mol. The topological polar surface area (TPSA) is 73.4 Å². The van der Waals surface area contributed by atoms with E-state index >= 15 is 0 Å². The van der Waals surface area contributed by atoms with Crippen LogP contribution in [0.15, 0.2) is 36.4 Å². The van der Waals surface area contributed by atoms with Crippen molar-refractivity contribution in [3.05, 3.63) is 70.0 Å². The number of nitrogens with zero attached hydrogens (tertiary/aromatic N) is 3. The Morgan fingerprint density at radius 2 is 1.60 bits per heavy atom. The maximum absolute atomic E-state index is 14.0. The van der Waals surface area contributed by atoms with Crippen molar-refractivity contribution in [1.29, 1.82) is 5.26 Å². The summed E-state index contributed by atoms with van der Waals surface area (Å²) in [6.45, 7) is 5.06. The van der Waals surface area contributed by atoms with Crippen molar-refractivity contribution in [2.24, 2.45) is 5.73 Å². The van der Waals surface area contributed by atoms with E-state index < -0.39 is 46.2 Å². The van der Waals surface area contributed by atoms with E-state index in [0.29, 0.717) is 52.6 Å². The van der Waals surface area contributed by atoms with Crippen molar-refractivity contribution in [3.8, 4) is 16.5 Å². The number of nitrogens with two attached hydrogens (primary N) is 1. The standard InChI is InChI=1S/C29H27F7N4OS.ClH/c1-15-9-19(30)5-6-21(15)24-23(22(13-37)25(42-24)40-8-7-20(38)14-40)39(4)26(41)27(2,3)16-10-17(28(31,32)33)12-18(11-16)29(34,35)36;/h5-6,9-12,20H,7-8,14,38H2,1-4H3;1H/t20-;/m1./s1. The largest absolute Gasteiger partial charge is 0.416 e. The molecule has 232 valence electrons. The van der Waals surface area contributed by atoms with Gasteiger partial charge in [0, 0.05) is 26.2 Å². The van der Waals surface area contributed by atoms with Gasteiger partial charge in [0.05, 0.1) is 27.1 Å². The summed E-state index contributed by atoms with van der Waals surface area (Å²) in [6, 6.07) is 7.03. The number of carbonyl (C=O) groups excluding carboxylic acids is 1. The van der Waals surface area contributed by atoms with Gasteiger partial charge in [-0.25, -0.2) is 4.39 Å². The highest BCUT2D eigenvalue weighted by molar-refractivity contribution is 7.20. The van der Waals surface area contributed by atoms with Gasteiger partial charge in [-0.05, 0) is 74.2 Å². The molecule has 2 heterocycles. The highest BCUT2D eigenvalue weighted by Gasteiger charge is 2.42. The number of anilines is 2. The van der Waals surface area contributed by atoms with Crippen molar-refractivity contribution in [2.45, 2.75) is 51.0 Å². The van der Waals surface area contributed by atoms with E-state index in [4.69, 9.17) is 5.73 Å². The summed E-state index contributed by atoms with van der Waals surface area (Å²) in [6.07, 6.45) is -9.54. The monoisotopic (exact) mass is 648 g/mol. The first-order valence-corrected chi connectivity index (χ1v) is 13.6. The molecule has 43 heavy (non-hydrogen) atoms. The Labute approximate surface area is 254 Å². The number of benzene rings is 2. The zero-order valence-corrected chi connectivity index (χ0v) is 25.1. The van der Waals surface area contributed by atoms with Gasteiger partial charge < -0.3 is 15.5 Å². The molecule has 0 radical (unpaired) electrons.